The number of hydrogen-bond donors (Lipinski definition) is 0. The summed E-state index contributed by atoms with van der Waals surface area (Å²) in [6, 6.07) is 10.5. The maximum atomic E-state index is 6.73. The second-order valence-electron chi connectivity index (χ2n) is 22.1. The molecule has 10 aliphatic carbocycles. The molecule has 3 heterocycles. The van der Waals surface area contributed by atoms with Crippen molar-refractivity contribution in [3.05, 3.63) is 172 Å². The SMILES string of the molecule is C1=CC2SC3C=CCCC3C3(C2C=C1)C1C=CC2=C(CCC=C2)C1C1C(c2ccc(/C(=C\C4=CCC5C6=CCCC=C6OC5C4)C4C=CCC5C6CCCC=C6SC45)cc2)CCCC13. The van der Waals surface area contributed by atoms with Crippen molar-refractivity contribution >= 4 is 29.1 Å². The largest absolute Gasteiger partial charge is 0.489 e. The van der Waals surface area contributed by atoms with Crippen LogP contribution in [0.5, 0.6) is 0 Å². The predicted molar refractivity (Wildman–Crippen MR) is 269 cm³/mol. The minimum atomic E-state index is 0.278. The fraction of sp³-hybridized carbons (Fsp3) is 0.508. The van der Waals surface area contributed by atoms with Gasteiger partial charge < -0.3 is 4.74 Å². The maximum Gasteiger partial charge on any atom is 0.119 e. The average Bonchev–Trinajstić information content (AvgIpc) is 4.02. The van der Waals surface area contributed by atoms with E-state index in [4.69, 9.17) is 4.74 Å². The van der Waals surface area contributed by atoms with Crippen molar-refractivity contribution in [3.8, 4) is 0 Å². The van der Waals surface area contributed by atoms with Crippen LogP contribution in [-0.4, -0.2) is 21.9 Å². The number of rotatable bonds is 4. The standard InChI is InChI=1S/C61H66OS2/c1-2-14-41-38(13-1)32-34-52-59(41)58-42(17-12-22-51(58)61(52)49-20-5-9-25-56(49)63-57-26-10-6-21-50(57)61)39-28-30-40(31-29-39)48(47-19-11-18-46-45-16-4-8-24-55(45)64-60(46)47)35-37-27-33-44-43-15-3-7-23-53(43)62-54(44)36-37/h1,5,9-11,13,15,19-20,23-32,34-35,42,44-47,49-52,54,56-60H,2-4,6-8,12,14,16-18,21-22,33,36H2/b48-35+. The van der Waals surface area contributed by atoms with E-state index in [1.807, 2.05) is 5.57 Å². The minimum Gasteiger partial charge on any atom is -0.489 e. The number of allylic oxidation sites excluding steroid dienone is 20. The van der Waals surface area contributed by atoms with E-state index in [9.17, 15) is 0 Å². The van der Waals surface area contributed by atoms with Gasteiger partial charge in [-0.1, -0.05) is 133 Å². The third-order valence-electron chi connectivity index (χ3n) is 19.6. The zero-order valence-corrected chi connectivity index (χ0v) is 39.2. The van der Waals surface area contributed by atoms with Gasteiger partial charge >= 0.3 is 0 Å². The first-order valence-corrected chi connectivity index (χ1v) is 27.9. The molecule has 1 spiro atoms. The van der Waals surface area contributed by atoms with Gasteiger partial charge in [-0.2, -0.15) is 0 Å². The van der Waals surface area contributed by atoms with Crippen LogP contribution in [0, 0.1) is 64.6 Å². The Morgan fingerprint density at radius 3 is 2.59 bits per heavy atom. The third kappa shape index (κ3) is 6.03. The first-order chi connectivity index (χ1) is 31.7. The molecule has 0 aromatic heterocycles. The molecule has 1 aromatic rings. The summed E-state index contributed by atoms with van der Waals surface area (Å²) in [5.41, 5.74) is 11.3. The number of thioether (sulfide) groups is 2. The predicted octanol–water partition coefficient (Wildman–Crippen LogP) is 15.5. The van der Waals surface area contributed by atoms with Crippen molar-refractivity contribution in [1.82, 2.24) is 0 Å². The summed E-state index contributed by atoms with van der Waals surface area (Å²) in [7, 11) is 0. The second kappa shape index (κ2) is 15.9. The van der Waals surface area contributed by atoms with Gasteiger partial charge in [0.25, 0.3) is 0 Å². The van der Waals surface area contributed by atoms with E-state index in [0.29, 0.717) is 62.6 Å². The van der Waals surface area contributed by atoms with Gasteiger partial charge in [0.15, 0.2) is 0 Å². The Balaban J connectivity index is 0.850. The van der Waals surface area contributed by atoms with Crippen molar-refractivity contribution in [2.24, 2.45) is 64.6 Å². The fourth-order valence-electron chi connectivity index (χ4n) is 17.3. The van der Waals surface area contributed by atoms with Crippen LogP contribution in [0.25, 0.3) is 5.57 Å². The van der Waals surface area contributed by atoms with Crippen LogP contribution in [0.4, 0.5) is 0 Å². The van der Waals surface area contributed by atoms with E-state index in [1.54, 1.807) is 21.6 Å². The number of ether oxygens (including phenoxy) is 1. The number of fused-ring (bicyclic) bond motifs is 16. The lowest BCUT2D eigenvalue weighted by atomic mass is 9.50. The molecule has 0 amide bonds. The monoisotopic (exact) mass is 878 g/mol. The van der Waals surface area contributed by atoms with Crippen LogP contribution >= 0.6 is 23.5 Å². The van der Waals surface area contributed by atoms with Crippen LogP contribution in [-0.2, 0) is 4.74 Å². The molecule has 16 unspecified atom stereocenters. The Kier molecular flexibility index (Phi) is 9.85. The van der Waals surface area contributed by atoms with Gasteiger partial charge in [0, 0.05) is 34.0 Å². The minimum absolute atomic E-state index is 0.278. The van der Waals surface area contributed by atoms with Gasteiger partial charge in [-0.25, -0.2) is 0 Å². The Bertz CT molecular complexity index is 2480. The molecular weight excluding hydrogens is 813 g/mol. The molecule has 13 aliphatic rings. The lowest BCUT2D eigenvalue weighted by Crippen LogP contribution is -2.56. The van der Waals surface area contributed by atoms with Crippen molar-refractivity contribution < 1.29 is 4.74 Å². The fourth-order valence-corrected chi connectivity index (χ4v) is 20.9. The molecule has 2 saturated carbocycles. The van der Waals surface area contributed by atoms with E-state index in [1.165, 1.54) is 99.5 Å². The molecule has 0 N–H and O–H groups in total. The van der Waals surface area contributed by atoms with E-state index in [0.717, 1.165) is 42.9 Å². The Hall–Kier alpha value is -3.40. The van der Waals surface area contributed by atoms with Crippen molar-refractivity contribution in [1.29, 1.82) is 0 Å². The average molecular weight is 879 g/mol. The molecular formula is C61H66OS2. The van der Waals surface area contributed by atoms with Crippen LogP contribution in [0.3, 0.4) is 0 Å². The quantitative estimate of drug-likeness (QED) is 0.279. The van der Waals surface area contributed by atoms with Crippen molar-refractivity contribution in [2.75, 3.05) is 0 Å². The van der Waals surface area contributed by atoms with Gasteiger partial charge in [0.1, 0.15) is 11.9 Å². The molecule has 64 heavy (non-hydrogen) atoms. The summed E-state index contributed by atoms with van der Waals surface area (Å²) in [5.74, 6) is 8.38. The summed E-state index contributed by atoms with van der Waals surface area (Å²) < 4.78 is 6.73. The van der Waals surface area contributed by atoms with Gasteiger partial charge in [0.2, 0.25) is 0 Å². The van der Waals surface area contributed by atoms with Crippen molar-refractivity contribution in [2.45, 2.75) is 124 Å². The first-order valence-electron chi connectivity index (χ1n) is 26.1. The highest BCUT2D eigenvalue weighted by atomic mass is 32.2. The van der Waals surface area contributed by atoms with Crippen LogP contribution in [0.2, 0.25) is 0 Å². The second-order valence-corrected chi connectivity index (χ2v) is 24.7. The van der Waals surface area contributed by atoms with E-state index in [2.05, 4.69) is 151 Å². The van der Waals surface area contributed by atoms with E-state index in [-0.39, 0.29) is 6.10 Å². The van der Waals surface area contributed by atoms with Crippen molar-refractivity contribution in [3.63, 3.8) is 0 Å². The number of benzene rings is 1. The van der Waals surface area contributed by atoms with Gasteiger partial charge in [-0.05, 0) is 187 Å². The lowest BCUT2D eigenvalue weighted by molar-refractivity contribution is -0.0169. The van der Waals surface area contributed by atoms with Gasteiger partial charge in [-0.15, -0.1) is 23.5 Å². The third-order valence-corrected chi connectivity index (χ3v) is 22.8. The molecule has 3 aliphatic heterocycles. The topological polar surface area (TPSA) is 9.23 Å². The molecule has 328 valence electrons. The molecule has 5 fully saturated rings. The lowest BCUT2D eigenvalue weighted by Gasteiger charge is -2.60. The zero-order valence-electron chi connectivity index (χ0n) is 37.6. The molecule has 0 radical (unpaired) electrons. The van der Waals surface area contributed by atoms with Crippen LogP contribution in [0.1, 0.15) is 113 Å². The zero-order chi connectivity index (χ0) is 41.9. The first kappa shape index (κ1) is 39.7. The highest BCUT2D eigenvalue weighted by molar-refractivity contribution is 8.04. The Labute approximate surface area is 392 Å². The van der Waals surface area contributed by atoms with Gasteiger partial charge in [0.05, 0.1) is 0 Å². The maximum absolute atomic E-state index is 6.73. The smallest absolute Gasteiger partial charge is 0.119 e. The Morgan fingerprint density at radius 1 is 0.703 bits per heavy atom. The summed E-state index contributed by atoms with van der Waals surface area (Å²) in [6.07, 6.45) is 62.8. The molecule has 0 bridgehead atoms. The normalized spacial score (nSPS) is 44.2. The van der Waals surface area contributed by atoms with E-state index >= 15 is 0 Å². The molecule has 3 heteroatoms. The van der Waals surface area contributed by atoms with Gasteiger partial charge in [-0.3, -0.25) is 0 Å². The van der Waals surface area contributed by atoms with Crippen LogP contribution in [0.15, 0.2) is 161 Å². The summed E-state index contributed by atoms with van der Waals surface area (Å²) in [4.78, 5) is 1.72. The highest BCUT2D eigenvalue weighted by Crippen LogP contribution is 2.75. The summed E-state index contributed by atoms with van der Waals surface area (Å²) in [6.45, 7) is 0. The Morgan fingerprint density at radius 2 is 1.62 bits per heavy atom. The summed E-state index contributed by atoms with van der Waals surface area (Å²) >= 11 is 4.57. The molecule has 1 nitrogen and oxygen atoms in total. The highest BCUT2D eigenvalue weighted by Gasteiger charge is 2.70. The molecule has 3 saturated heterocycles. The molecule has 16 atom stereocenters. The molecule has 1 aromatic carbocycles. The summed E-state index contributed by atoms with van der Waals surface area (Å²) in [5, 5.41) is 1.85. The van der Waals surface area contributed by atoms with Crippen LogP contribution < -0.4 is 0 Å². The number of hydrogen-bond acceptors (Lipinski definition) is 3. The molecule has 14 rings (SSSR count). The van der Waals surface area contributed by atoms with E-state index < -0.39 is 0 Å².